The minimum Gasteiger partial charge on any atom is -0.319 e. The second kappa shape index (κ2) is 4.98. The van der Waals surface area contributed by atoms with E-state index in [4.69, 9.17) is 10.7 Å². The maximum Gasteiger partial charge on any atom is 0.113 e. The van der Waals surface area contributed by atoms with Crippen LogP contribution >= 0.6 is 11.3 Å². The van der Waals surface area contributed by atoms with Gasteiger partial charge in [0.25, 0.3) is 0 Å². The van der Waals surface area contributed by atoms with Gasteiger partial charge in [0, 0.05) is 17.8 Å². The van der Waals surface area contributed by atoms with Gasteiger partial charge in [-0.15, -0.1) is 11.3 Å². The average molecular weight is 274 g/mol. The van der Waals surface area contributed by atoms with E-state index in [9.17, 15) is 0 Å². The maximum atomic E-state index is 6.57. The number of nitrogens with zero attached hydrogens (tertiary/aromatic N) is 3. The molecular weight excluding hydrogens is 256 g/mol. The van der Waals surface area contributed by atoms with Gasteiger partial charge in [-0.05, 0) is 18.8 Å². The van der Waals surface area contributed by atoms with Crippen molar-refractivity contribution >= 4 is 11.3 Å². The van der Waals surface area contributed by atoms with Gasteiger partial charge in [0.05, 0.1) is 11.7 Å². The van der Waals surface area contributed by atoms with Crippen molar-refractivity contribution in [3.05, 3.63) is 29.0 Å². The van der Waals surface area contributed by atoms with Gasteiger partial charge in [-0.2, -0.15) is 0 Å². The number of rotatable bonds is 2. The van der Waals surface area contributed by atoms with Crippen LogP contribution in [0.15, 0.2) is 24.0 Å². The summed E-state index contributed by atoms with van der Waals surface area (Å²) in [6.07, 6.45) is 9.63. The normalized spacial score (nSPS) is 27.4. The summed E-state index contributed by atoms with van der Waals surface area (Å²) in [6.45, 7) is 2.28. The highest BCUT2D eigenvalue weighted by Crippen LogP contribution is 2.39. The van der Waals surface area contributed by atoms with E-state index in [1.165, 1.54) is 12.8 Å². The zero-order chi connectivity index (χ0) is 13.3. The highest BCUT2D eigenvalue weighted by molar-refractivity contribution is 7.10. The molecule has 2 atom stereocenters. The molecule has 2 aromatic rings. The van der Waals surface area contributed by atoms with Crippen LogP contribution in [0.2, 0.25) is 0 Å². The van der Waals surface area contributed by atoms with Crippen LogP contribution in [-0.2, 0) is 5.54 Å². The SMILES string of the molecule is CC1CCCC(N)(c2nc(-c3cnccn3)cs2)C1. The Kier molecular flexibility index (Phi) is 3.33. The summed E-state index contributed by atoms with van der Waals surface area (Å²) in [5.41, 5.74) is 8.03. The van der Waals surface area contributed by atoms with Crippen LogP contribution in [0.5, 0.6) is 0 Å². The Hall–Kier alpha value is -1.33. The van der Waals surface area contributed by atoms with Crippen LogP contribution in [0.4, 0.5) is 0 Å². The second-order valence-electron chi connectivity index (χ2n) is 5.49. The van der Waals surface area contributed by atoms with Gasteiger partial charge >= 0.3 is 0 Å². The Morgan fingerprint density at radius 1 is 1.37 bits per heavy atom. The van der Waals surface area contributed by atoms with Gasteiger partial charge in [-0.3, -0.25) is 9.97 Å². The van der Waals surface area contributed by atoms with E-state index >= 15 is 0 Å². The van der Waals surface area contributed by atoms with Crippen LogP contribution in [0.25, 0.3) is 11.4 Å². The first kappa shape index (κ1) is 12.7. The summed E-state index contributed by atoms with van der Waals surface area (Å²) in [5, 5.41) is 3.08. The molecule has 2 heterocycles. The minimum absolute atomic E-state index is 0.247. The van der Waals surface area contributed by atoms with Crippen molar-refractivity contribution in [2.45, 2.75) is 38.1 Å². The molecule has 1 saturated carbocycles. The molecule has 5 heteroatoms. The average Bonchev–Trinajstić information content (AvgIpc) is 2.90. The van der Waals surface area contributed by atoms with E-state index in [0.717, 1.165) is 29.2 Å². The molecular formula is C14H18N4S. The Labute approximate surface area is 117 Å². The van der Waals surface area contributed by atoms with Gasteiger partial charge in [0.2, 0.25) is 0 Å². The highest BCUT2D eigenvalue weighted by atomic mass is 32.1. The number of thiazole rings is 1. The van der Waals surface area contributed by atoms with Crippen LogP contribution < -0.4 is 5.73 Å². The molecule has 1 aliphatic carbocycles. The van der Waals surface area contributed by atoms with E-state index < -0.39 is 0 Å². The van der Waals surface area contributed by atoms with Crippen LogP contribution in [0.1, 0.15) is 37.6 Å². The quantitative estimate of drug-likeness (QED) is 0.914. The topological polar surface area (TPSA) is 64.7 Å². The molecule has 2 N–H and O–H groups in total. The number of aromatic nitrogens is 3. The van der Waals surface area contributed by atoms with Gasteiger partial charge in [0.1, 0.15) is 16.4 Å². The largest absolute Gasteiger partial charge is 0.319 e. The molecule has 0 aliphatic heterocycles. The molecule has 0 aromatic carbocycles. The Morgan fingerprint density at radius 3 is 3.00 bits per heavy atom. The Balaban J connectivity index is 1.89. The predicted octanol–water partition coefficient (Wildman–Crippen LogP) is 2.96. The summed E-state index contributed by atoms with van der Waals surface area (Å²) >= 11 is 1.65. The molecule has 100 valence electrons. The van der Waals surface area contributed by atoms with Crippen molar-refractivity contribution in [2.75, 3.05) is 0 Å². The standard InChI is InChI=1S/C14H18N4S/c1-10-3-2-4-14(15,7-10)13-18-12(9-19-13)11-8-16-5-6-17-11/h5-6,8-10H,2-4,7,15H2,1H3. The second-order valence-corrected chi connectivity index (χ2v) is 6.34. The van der Waals surface area contributed by atoms with Gasteiger partial charge < -0.3 is 5.73 Å². The molecule has 1 fully saturated rings. The zero-order valence-electron chi connectivity index (χ0n) is 11.0. The number of hydrogen-bond acceptors (Lipinski definition) is 5. The summed E-state index contributed by atoms with van der Waals surface area (Å²) < 4.78 is 0. The van der Waals surface area contributed by atoms with E-state index in [-0.39, 0.29) is 5.54 Å². The molecule has 4 nitrogen and oxygen atoms in total. The lowest BCUT2D eigenvalue weighted by Gasteiger charge is -2.35. The lowest BCUT2D eigenvalue weighted by molar-refractivity contribution is 0.238. The van der Waals surface area contributed by atoms with Crippen LogP contribution in [0, 0.1) is 5.92 Å². The van der Waals surface area contributed by atoms with Crippen molar-refractivity contribution in [2.24, 2.45) is 11.7 Å². The van der Waals surface area contributed by atoms with Crippen molar-refractivity contribution in [1.82, 2.24) is 15.0 Å². The number of hydrogen-bond donors (Lipinski definition) is 1. The summed E-state index contributed by atoms with van der Waals surface area (Å²) in [7, 11) is 0. The van der Waals surface area contributed by atoms with Gasteiger partial charge in [-0.25, -0.2) is 4.98 Å². The highest BCUT2D eigenvalue weighted by Gasteiger charge is 2.35. The zero-order valence-corrected chi connectivity index (χ0v) is 11.9. The van der Waals surface area contributed by atoms with Gasteiger partial charge in [-0.1, -0.05) is 19.8 Å². The van der Waals surface area contributed by atoms with Crippen molar-refractivity contribution in [3.63, 3.8) is 0 Å². The molecule has 3 rings (SSSR count). The van der Waals surface area contributed by atoms with E-state index in [2.05, 4.69) is 16.9 Å². The summed E-state index contributed by atoms with van der Waals surface area (Å²) in [6, 6.07) is 0. The van der Waals surface area contributed by atoms with E-state index in [1.54, 1.807) is 29.9 Å². The van der Waals surface area contributed by atoms with Crippen molar-refractivity contribution in [1.29, 1.82) is 0 Å². The molecule has 2 aromatic heterocycles. The molecule has 2 unspecified atom stereocenters. The fraction of sp³-hybridized carbons (Fsp3) is 0.500. The Morgan fingerprint density at radius 2 is 2.26 bits per heavy atom. The monoisotopic (exact) mass is 274 g/mol. The van der Waals surface area contributed by atoms with Crippen molar-refractivity contribution in [3.8, 4) is 11.4 Å². The third kappa shape index (κ3) is 2.53. The first-order chi connectivity index (χ1) is 9.17. The third-order valence-electron chi connectivity index (χ3n) is 3.79. The molecule has 19 heavy (non-hydrogen) atoms. The molecule has 0 radical (unpaired) electrons. The predicted molar refractivity (Wildman–Crippen MR) is 76.6 cm³/mol. The lowest BCUT2D eigenvalue weighted by atomic mass is 9.77. The minimum atomic E-state index is -0.247. The number of nitrogens with two attached hydrogens (primary N) is 1. The van der Waals surface area contributed by atoms with E-state index in [0.29, 0.717) is 5.92 Å². The molecule has 0 bridgehead atoms. The van der Waals surface area contributed by atoms with Crippen molar-refractivity contribution < 1.29 is 0 Å². The first-order valence-corrected chi connectivity index (χ1v) is 7.57. The molecule has 0 saturated heterocycles. The fourth-order valence-electron chi connectivity index (χ4n) is 2.84. The third-order valence-corrected chi connectivity index (χ3v) is 4.85. The van der Waals surface area contributed by atoms with Crippen LogP contribution in [0.3, 0.4) is 0 Å². The fourth-order valence-corrected chi connectivity index (χ4v) is 3.81. The molecule has 0 amide bonds. The van der Waals surface area contributed by atoms with Gasteiger partial charge in [0.15, 0.2) is 0 Å². The lowest BCUT2D eigenvalue weighted by Crippen LogP contribution is -2.40. The summed E-state index contributed by atoms with van der Waals surface area (Å²) in [4.78, 5) is 13.1. The maximum absolute atomic E-state index is 6.57. The molecule has 1 aliphatic rings. The first-order valence-electron chi connectivity index (χ1n) is 6.69. The summed E-state index contributed by atoms with van der Waals surface area (Å²) in [5.74, 6) is 0.683. The van der Waals surface area contributed by atoms with Crippen LogP contribution in [-0.4, -0.2) is 15.0 Å². The molecule has 0 spiro atoms. The van der Waals surface area contributed by atoms with E-state index in [1.807, 2.05) is 5.38 Å². The smallest absolute Gasteiger partial charge is 0.113 e. The Bertz CT molecular complexity index is 554.